The highest BCUT2D eigenvalue weighted by molar-refractivity contribution is 7.89. The summed E-state index contributed by atoms with van der Waals surface area (Å²) in [4.78, 5) is 25.7. The summed E-state index contributed by atoms with van der Waals surface area (Å²) >= 11 is 0. The molecule has 0 unspecified atom stereocenters. The van der Waals surface area contributed by atoms with E-state index in [1.165, 1.54) is 16.4 Å². The molecule has 1 heterocycles. The third kappa shape index (κ3) is 5.57. The fourth-order valence-electron chi connectivity index (χ4n) is 3.49. The molecule has 1 aliphatic rings. The lowest BCUT2D eigenvalue weighted by Gasteiger charge is -2.26. The van der Waals surface area contributed by atoms with Gasteiger partial charge in [0.1, 0.15) is 5.75 Å². The molecule has 0 saturated carbocycles. The summed E-state index contributed by atoms with van der Waals surface area (Å²) in [5.41, 5.74) is 6.56. The topological polar surface area (TPSA) is 122 Å². The number of piperidine rings is 1. The Balaban J connectivity index is 1.76. The number of nitrogens with one attached hydrogen (secondary N) is 1. The highest BCUT2D eigenvalue weighted by Gasteiger charge is 2.27. The number of ether oxygens (including phenoxy) is 1. The Hall–Kier alpha value is -3.11. The Morgan fingerprint density at radius 2 is 1.81 bits per heavy atom. The zero-order chi connectivity index (χ0) is 23.3. The molecule has 0 aliphatic carbocycles. The van der Waals surface area contributed by atoms with Crippen LogP contribution < -0.4 is 20.7 Å². The number of carbonyl (C=O) groups is 2. The fraction of sp³-hybridized carbons (Fsp3) is 0.364. The lowest BCUT2D eigenvalue weighted by Crippen LogP contribution is -2.35. The number of primary amides is 1. The lowest BCUT2D eigenvalue weighted by molar-refractivity contribution is -0.118. The van der Waals surface area contributed by atoms with Crippen LogP contribution >= 0.6 is 0 Å². The van der Waals surface area contributed by atoms with Crippen molar-refractivity contribution >= 4 is 33.2 Å². The molecule has 32 heavy (non-hydrogen) atoms. The van der Waals surface area contributed by atoms with Gasteiger partial charge in [-0.2, -0.15) is 4.31 Å². The average Bonchev–Trinajstić information content (AvgIpc) is 2.78. The van der Waals surface area contributed by atoms with Crippen molar-refractivity contribution < 1.29 is 22.7 Å². The first kappa shape index (κ1) is 23.6. The molecule has 0 atom stereocenters. The number of anilines is 2. The van der Waals surface area contributed by atoms with Crippen molar-refractivity contribution in [3.63, 3.8) is 0 Å². The molecule has 10 heteroatoms. The van der Waals surface area contributed by atoms with Gasteiger partial charge in [-0.15, -0.1) is 0 Å². The quantitative estimate of drug-likeness (QED) is 0.622. The second kappa shape index (κ2) is 10.0. The standard InChI is InChI=1S/C22H28N4O5S/c1-25(2)20-10-9-18(32(29,30)26-11-4-3-5-12-26)14-19(20)24-21(27)15-31-17-8-6-7-16(13-17)22(23)28/h6-10,13-14H,3-5,11-12,15H2,1-2H3,(H2,23,28)(H,24,27). The molecule has 2 aromatic rings. The third-order valence-corrected chi connectivity index (χ3v) is 7.06. The van der Waals surface area contributed by atoms with Crippen LogP contribution in [0.5, 0.6) is 5.75 Å². The van der Waals surface area contributed by atoms with Gasteiger partial charge < -0.3 is 20.7 Å². The van der Waals surface area contributed by atoms with Gasteiger partial charge in [0, 0.05) is 32.7 Å². The number of hydrogen-bond donors (Lipinski definition) is 2. The molecule has 0 aromatic heterocycles. The first-order chi connectivity index (χ1) is 15.2. The van der Waals surface area contributed by atoms with Crippen molar-refractivity contribution in [1.82, 2.24) is 4.31 Å². The van der Waals surface area contributed by atoms with Crippen LogP contribution in [-0.2, 0) is 14.8 Å². The van der Waals surface area contributed by atoms with Crippen LogP contribution in [-0.4, -0.2) is 58.3 Å². The summed E-state index contributed by atoms with van der Waals surface area (Å²) in [6.45, 7) is 0.674. The van der Waals surface area contributed by atoms with Gasteiger partial charge in [-0.3, -0.25) is 9.59 Å². The van der Waals surface area contributed by atoms with E-state index in [-0.39, 0.29) is 17.1 Å². The van der Waals surface area contributed by atoms with Gasteiger partial charge in [-0.05, 0) is 49.2 Å². The zero-order valence-corrected chi connectivity index (χ0v) is 19.0. The number of carbonyl (C=O) groups excluding carboxylic acids is 2. The van der Waals surface area contributed by atoms with Crippen LogP contribution in [0.2, 0.25) is 0 Å². The van der Waals surface area contributed by atoms with E-state index in [0.717, 1.165) is 19.3 Å². The molecule has 3 N–H and O–H groups in total. The SMILES string of the molecule is CN(C)c1ccc(S(=O)(=O)N2CCCCC2)cc1NC(=O)COc1cccc(C(N)=O)c1. The number of rotatable bonds is 8. The van der Waals surface area contributed by atoms with E-state index >= 15 is 0 Å². The minimum absolute atomic E-state index is 0.135. The fourth-order valence-corrected chi connectivity index (χ4v) is 5.04. The van der Waals surface area contributed by atoms with Crippen molar-refractivity contribution in [2.24, 2.45) is 5.73 Å². The van der Waals surface area contributed by atoms with Crippen molar-refractivity contribution in [2.75, 3.05) is 44.0 Å². The molecule has 2 amide bonds. The summed E-state index contributed by atoms with van der Waals surface area (Å²) < 4.78 is 33.0. The smallest absolute Gasteiger partial charge is 0.262 e. The van der Waals surface area contributed by atoms with Crippen LogP contribution in [0.15, 0.2) is 47.4 Å². The number of nitrogens with two attached hydrogens (primary N) is 1. The van der Waals surface area contributed by atoms with Gasteiger partial charge in [0.25, 0.3) is 5.91 Å². The molecule has 0 spiro atoms. The highest BCUT2D eigenvalue weighted by Crippen LogP contribution is 2.30. The molecule has 1 saturated heterocycles. The van der Waals surface area contributed by atoms with Crippen LogP contribution in [0.3, 0.4) is 0 Å². The second-order valence-corrected chi connectivity index (χ2v) is 9.70. The van der Waals surface area contributed by atoms with Crippen molar-refractivity contribution in [3.8, 4) is 5.75 Å². The Bertz CT molecular complexity index is 1100. The van der Waals surface area contributed by atoms with Gasteiger partial charge in [-0.1, -0.05) is 12.5 Å². The lowest BCUT2D eigenvalue weighted by atomic mass is 10.2. The Kier molecular flexibility index (Phi) is 7.37. The number of nitrogens with zero attached hydrogens (tertiary/aromatic N) is 2. The van der Waals surface area contributed by atoms with Crippen LogP contribution in [0.1, 0.15) is 29.6 Å². The molecular weight excluding hydrogens is 432 g/mol. The largest absolute Gasteiger partial charge is 0.484 e. The maximum Gasteiger partial charge on any atom is 0.262 e. The molecule has 1 fully saturated rings. The molecule has 9 nitrogen and oxygen atoms in total. The van der Waals surface area contributed by atoms with Crippen LogP contribution in [0, 0.1) is 0 Å². The van der Waals surface area contributed by atoms with E-state index in [9.17, 15) is 18.0 Å². The van der Waals surface area contributed by atoms with Gasteiger partial charge in [0.2, 0.25) is 15.9 Å². The minimum atomic E-state index is -3.64. The van der Waals surface area contributed by atoms with Gasteiger partial charge in [0.05, 0.1) is 16.3 Å². The summed E-state index contributed by atoms with van der Waals surface area (Å²) in [6.07, 6.45) is 2.70. The van der Waals surface area contributed by atoms with Gasteiger partial charge in [-0.25, -0.2) is 8.42 Å². The minimum Gasteiger partial charge on any atom is -0.484 e. The molecule has 2 aromatic carbocycles. The maximum absolute atomic E-state index is 13.0. The highest BCUT2D eigenvalue weighted by atomic mass is 32.2. The zero-order valence-electron chi connectivity index (χ0n) is 18.2. The second-order valence-electron chi connectivity index (χ2n) is 7.77. The molecule has 172 valence electrons. The molecular formula is C22H28N4O5S. The summed E-state index contributed by atoms with van der Waals surface area (Å²) in [7, 11) is -0.0401. The average molecular weight is 461 g/mol. The van der Waals surface area contributed by atoms with Crippen molar-refractivity contribution in [3.05, 3.63) is 48.0 Å². The third-order valence-electron chi connectivity index (χ3n) is 5.17. The Morgan fingerprint density at radius 1 is 1.09 bits per heavy atom. The van der Waals surface area contributed by atoms with Crippen LogP contribution in [0.25, 0.3) is 0 Å². The monoisotopic (exact) mass is 460 g/mol. The first-order valence-electron chi connectivity index (χ1n) is 10.3. The van der Waals surface area contributed by atoms with E-state index in [1.807, 2.05) is 0 Å². The van der Waals surface area contributed by atoms with Crippen molar-refractivity contribution in [2.45, 2.75) is 24.2 Å². The van der Waals surface area contributed by atoms with E-state index in [4.69, 9.17) is 10.5 Å². The summed E-state index contributed by atoms with van der Waals surface area (Å²) in [5, 5.41) is 2.73. The van der Waals surface area contributed by atoms with Crippen LogP contribution in [0.4, 0.5) is 11.4 Å². The first-order valence-corrected chi connectivity index (χ1v) is 11.8. The van der Waals surface area contributed by atoms with E-state index in [2.05, 4.69) is 5.32 Å². The molecule has 0 bridgehead atoms. The molecule has 1 aliphatic heterocycles. The van der Waals surface area contributed by atoms with Gasteiger partial charge in [0.15, 0.2) is 6.61 Å². The maximum atomic E-state index is 13.0. The number of benzene rings is 2. The van der Waals surface area contributed by atoms with E-state index in [0.29, 0.717) is 30.2 Å². The number of amides is 2. The molecule has 3 rings (SSSR count). The summed E-state index contributed by atoms with van der Waals surface area (Å²) in [6, 6.07) is 10.9. The predicted molar refractivity (Wildman–Crippen MR) is 122 cm³/mol. The van der Waals surface area contributed by atoms with E-state index in [1.54, 1.807) is 49.3 Å². The Labute approximate surface area is 188 Å². The Morgan fingerprint density at radius 3 is 2.47 bits per heavy atom. The molecule has 0 radical (unpaired) electrons. The number of sulfonamides is 1. The predicted octanol–water partition coefficient (Wildman–Crippen LogP) is 2.04. The van der Waals surface area contributed by atoms with Gasteiger partial charge >= 0.3 is 0 Å². The van der Waals surface area contributed by atoms with Crippen molar-refractivity contribution in [1.29, 1.82) is 0 Å². The summed E-state index contributed by atoms with van der Waals surface area (Å²) in [5.74, 6) is -0.738. The normalized spacial score (nSPS) is 14.6. The van der Waals surface area contributed by atoms with E-state index < -0.39 is 21.8 Å². The number of hydrogen-bond acceptors (Lipinski definition) is 6.